The predicted molar refractivity (Wildman–Crippen MR) is 101 cm³/mol. The lowest BCUT2D eigenvalue weighted by molar-refractivity contribution is -0.385. The molecule has 27 heavy (non-hydrogen) atoms. The third kappa shape index (κ3) is 4.73. The van der Waals surface area contributed by atoms with Crippen molar-refractivity contribution < 1.29 is 13.3 Å². The first-order valence-corrected chi connectivity index (χ1v) is 9.26. The Labute approximate surface area is 155 Å². The van der Waals surface area contributed by atoms with Gasteiger partial charge in [-0.2, -0.15) is 10.2 Å². The first-order valence-electron chi connectivity index (χ1n) is 7.78. The molecule has 136 valence electrons. The van der Waals surface area contributed by atoms with Crippen LogP contribution in [0.4, 0.5) is 22.7 Å². The number of azo groups is 1. The number of sulfonamides is 1. The molecule has 0 unspecified atom stereocenters. The number of benzene rings is 3. The van der Waals surface area contributed by atoms with Crippen molar-refractivity contribution in [3.63, 3.8) is 0 Å². The zero-order chi connectivity index (χ0) is 19.3. The third-order valence-corrected chi connectivity index (χ3v) is 4.87. The number of nitro groups is 1. The number of rotatable bonds is 6. The van der Waals surface area contributed by atoms with Crippen LogP contribution < -0.4 is 4.72 Å². The van der Waals surface area contributed by atoms with Crippen LogP contribution in [0.25, 0.3) is 0 Å². The van der Waals surface area contributed by atoms with E-state index in [1.807, 2.05) is 30.3 Å². The minimum Gasteiger partial charge on any atom is -0.280 e. The molecule has 1 N–H and O–H groups in total. The Kier molecular flexibility index (Phi) is 5.23. The van der Waals surface area contributed by atoms with Crippen molar-refractivity contribution in [1.29, 1.82) is 0 Å². The molecule has 0 aliphatic rings. The lowest BCUT2D eigenvalue weighted by atomic mass is 10.3. The Morgan fingerprint density at radius 3 is 2.07 bits per heavy atom. The molecule has 0 spiro atoms. The summed E-state index contributed by atoms with van der Waals surface area (Å²) < 4.78 is 27.2. The minimum absolute atomic E-state index is 0.190. The second-order valence-corrected chi connectivity index (χ2v) is 7.12. The molecule has 3 aromatic carbocycles. The molecule has 0 saturated carbocycles. The Bertz CT molecular complexity index is 1080. The number of nitrogens with one attached hydrogen (secondary N) is 1. The molecule has 0 aromatic heterocycles. The molecule has 0 saturated heterocycles. The van der Waals surface area contributed by atoms with Crippen LogP contribution in [0, 0.1) is 10.1 Å². The Hall–Kier alpha value is -3.59. The highest BCUT2D eigenvalue weighted by Gasteiger charge is 2.17. The number of nitro benzene ring substituents is 1. The van der Waals surface area contributed by atoms with E-state index in [0.717, 1.165) is 6.07 Å². The zero-order valence-corrected chi connectivity index (χ0v) is 14.7. The summed E-state index contributed by atoms with van der Waals surface area (Å²) in [7, 11) is -3.95. The molecule has 0 amide bonds. The van der Waals surface area contributed by atoms with Crippen molar-refractivity contribution in [1.82, 2.24) is 0 Å². The first-order chi connectivity index (χ1) is 12.9. The molecule has 0 aliphatic heterocycles. The number of hydrogen-bond acceptors (Lipinski definition) is 6. The van der Waals surface area contributed by atoms with E-state index in [0.29, 0.717) is 17.1 Å². The van der Waals surface area contributed by atoms with Crippen molar-refractivity contribution in [2.24, 2.45) is 10.2 Å². The Morgan fingerprint density at radius 2 is 1.44 bits per heavy atom. The highest BCUT2D eigenvalue weighted by molar-refractivity contribution is 7.92. The van der Waals surface area contributed by atoms with E-state index in [-0.39, 0.29) is 10.6 Å². The van der Waals surface area contributed by atoms with E-state index in [2.05, 4.69) is 15.0 Å². The lowest BCUT2D eigenvalue weighted by Gasteiger charge is -2.08. The van der Waals surface area contributed by atoms with Crippen molar-refractivity contribution in [3.05, 3.63) is 89.0 Å². The number of non-ortho nitro benzene ring substituents is 1. The highest BCUT2D eigenvalue weighted by Crippen LogP contribution is 2.23. The molecule has 0 fully saturated rings. The minimum atomic E-state index is -3.95. The fourth-order valence-electron chi connectivity index (χ4n) is 2.18. The second-order valence-electron chi connectivity index (χ2n) is 5.44. The molecule has 8 nitrogen and oxygen atoms in total. The molecular weight excluding hydrogens is 368 g/mol. The lowest BCUT2D eigenvalue weighted by Crippen LogP contribution is -2.13. The van der Waals surface area contributed by atoms with E-state index in [9.17, 15) is 18.5 Å². The summed E-state index contributed by atoms with van der Waals surface area (Å²) in [5, 5.41) is 19.0. The van der Waals surface area contributed by atoms with Crippen LogP contribution in [0.5, 0.6) is 0 Å². The fraction of sp³-hybridized carbons (Fsp3) is 0. The van der Waals surface area contributed by atoms with E-state index in [1.54, 1.807) is 12.1 Å². The fourth-order valence-corrected chi connectivity index (χ4v) is 3.28. The number of hydrogen-bond donors (Lipinski definition) is 1. The van der Waals surface area contributed by atoms with Gasteiger partial charge in [0.05, 0.1) is 21.2 Å². The summed E-state index contributed by atoms with van der Waals surface area (Å²) in [6.07, 6.45) is 0. The van der Waals surface area contributed by atoms with Gasteiger partial charge in [0.1, 0.15) is 0 Å². The molecule has 0 aliphatic carbocycles. The van der Waals surface area contributed by atoms with Gasteiger partial charge in [0.15, 0.2) is 0 Å². The van der Waals surface area contributed by atoms with E-state index < -0.39 is 14.9 Å². The van der Waals surface area contributed by atoms with Gasteiger partial charge in [-0.05, 0) is 42.5 Å². The van der Waals surface area contributed by atoms with Gasteiger partial charge in [-0.15, -0.1) is 0 Å². The zero-order valence-electron chi connectivity index (χ0n) is 13.9. The average molecular weight is 382 g/mol. The SMILES string of the molecule is O=[N+]([O-])c1cccc(S(=O)(=O)Nc2ccc(N=Nc3ccccc3)cc2)c1. The molecule has 9 heteroatoms. The van der Waals surface area contributed by atoms with Gasteiger partial charge in [0.25, 0.3) is 15.7 Å². The predicted octanol–water partition coefficient (Wildman–Crippen LogP) is 4.81. The quantitative estimate of drug-likeness (QED) is 0.374. The maximum atomic E-state index is 12.4. The maximum absolute atomic E-state index is 12.4. The van der Waals surface area contributed by atoms with Crippen molar-refractivity contribution in [2.75, 3.05) is 4.72 Å². The van der Waals surface area contributed by atoms with Crippen LogP contribution in [-0.2, 0) is 10.0 Å². The average Bonchev–Trinajstić information content (AvgIpc) is 2.68. The van der Waals surface area contributed by atoms with Crippen LogP contribution in [0.2, 0.25) is 0 Å². The van der Waals surface area contributed by atoms with Crippen molar-refractivity contribution in [3.8, 4) is 0 Å². The van der Waals surface area contributed by atoms with E-state index in [4.69, 9.17) is 0 Å². The van der Waals surface area contributed by atoms with Crippen LogP contribution >= 0.6 is 0 Å². The molecule has 0 bridgehead atoms. The van der Waals surface area contributed by atoms with Crippen LogP contribution in [-0.4, -0.2) is 13.3 Å². The van der Waals surface area contributed by atoms with E-state index in [1.165, 1.54) is 30.3 Å². The molecule has 0 radical (unpaired) electrons. The largest absolute Gasteiger partial charge is 0.280 e. The number of anilines is 1. The molecule has 3 rings (SSSR count). The first kappa shape index (κ1) is 18.2. The van der Waals surface area contributed by atoms with Crippen LogP contribution in [0.3, 0.4) is 0 Å². The molecule has 0 atom stereocenters. The van der Waals surface area contributed by atoms with Gasteiger partial charge < -0.3 is 0 Å². The monoisotopic (exact) mass is 382 g/mol. The maximum Gasteiger partial charge on any atom is 0.270 e. The standard InChI is InChI=1S/C18H14N4O4S/c23-22(24)17-7-4-8-18(13-17)27(25,26)21-16-11-9-15(10-12-16)20-19-14-5-2-1-3-6-14/h1-13,21H. The van der Waals surface area contributed by atoms with Gasteiger partial charge in [-0.25, -0.2) is 8.42 Å². The summed E-state index contributed by atoms with van der Waals surface area (Å²) in [4.78, 5) is 9.97. The topological polar surface area (TPSA) is 114 Å². The van der Waals surface area contributed by atoms with Crippen molar-refractivity contribution >= 4 is 32.8 Å². The normalized spacial score (nSPS) is 11.4. The van der Waals surface area contributed by atoms with Crippen LogP contribution in [0.15, 0.2) is 94.0 Å². The van der Waals surface area contributed by atoms with E-state index >= 15 is 0 Å². The summed E-state index contributed by atoms with van der Waals surface area (Å²) in [6.45, 7) is 0. The second kappa shape index (κ2) is 7.75. The molecular formula is C18H14N4O4S. The van der Waals surface area contributed by atoms with Gasteiger partial charge in [-0.3, -0.25) is 14.8 Å². The number of nitrogens with zero attached hydrogens (tertiary/aromatic N) is 3. The summed E-state index contributed by atoms with van der Waals surface area (Å²) in [6, 6.07) is 20.3. The van der Waals surface area contributed by atoms with Gasteiger partial charge in [-0.1, -0.05) is 24.3 Å². The summed E-state index contributed by atoms with van der Waals surface area (Å²) in [5.74, 6) is 0. The Morgan fingerprint density at radius 1 is 0.815 bits per heavy atom. The third-order valence-electron chi connectivity index (χ3n) is 3.50. The highest BCUT2D eigenvalue weighted by atomic mass is 32.2. The van der Waals surface area contributed by atoms with Crippen molar-refractivity contribution in [2.45, 2.75) is 4.90 Å². The molecule has 0 heterocycles. The van der Waals surface area contributed by atoms with Gasteiger partial charge in [0, 0.05) is 17.8 Å². The smallest absolute Gasteiger partial charge is 0.270 e. The molecule has 3 aromatic rings. The van der Waals surface area contributed by atoms with Gasteiger partial charge >= 0.3 is 0 Å². The summed E-state index contributed by atoms with van der Waals surface area (Å²) in [5.41, 5.74) is 1.26. The summed E-state index contributed by atoms with van der Waals surface area (Å²) >= 11 is 0. The Balaban J connectivity index is 1.75. The van der Waals surface area contributed by atoms with Crippen LogP contribution in [0.1, 0.15) is 0 Å². The van der Waals surface area contributed by atoms with Gasteiger partial charge in [0.2, 0.25) is 0 Å².